The zero-order valence-electron chi connectivity index (χ0n) is 9.57. The van der Waals surface area contributed by atoms with Gasteiger partial charge in [0, 0.05) is 3.57 Å². The van der Waals surface area contributed by atoms with Crippen LogP contribution >= 0.6 is 22.6 Å². The fourth-order valence-electron chi connectivity index (χ4n) is 1.83. The molecule has 6 heteroatoms. The number of carbonyl (C=O) groups excluding carboxylic acids is 1. The highest BCUT2D eigenvalue weighted by Crippen LogP contribution is 2.31. The fraction of sp³-hybridized carbons (Fsp3) is 0.333. The van der Waals surface area contributed by atoms with E-state index in [9.17, 15) is 9.59 Å². The van der Waals surface area contributed by atoms with Gasteiger partial charge in [0.2, 0.25) is 5.91 Å². The van der Waals surface area contributed by atoms with Gasteiger partial charge in [-0.25, -0.2) is 4.79 Å². The molecular weight excluding hydrogens is 347 g/mol. The van der Waals surface area contributed by atoms with Crippen LogP contribution in [0.4, 0.5) is 5.69 Å². The molecule has 1 aliphatic rings. The average Bonchev–Trinajstić information content (AvgIpc) is 2.27. The summed E-state index contributed by atoms with van der Waals surface area (Å²) in [5.74, 6) is -1.37. The number of benzene rings is 1. The number of rotatable bonds is 3. The molecule has 0 atom stereocenters. The molecule has 0 spiro atoms. The van der Waals surface area contributed by atoms with Crippen LogP contribution in [-0.2, 0) is 4.79 Å². The van der Waals surface area contributed by atoms with E-state index in [0.29, 0.717) is 18.5 Å². The SMILES string of the molecule is NC1(C(=O)Nc2ccc(I)cc2C(=O)O)CCC1. The van der Waals surface area contributed by atoms with Crippen molar-refractivity contribution in [2.24, 2.45) is 5.73 Å². The lowest BCUT2D eigenvalue weighted by Gasteiger charge is -2.36. The van der Waals surface area contributed by atoms with Crippen molar-refractivity contribution in [3.8, 4) is 0 Å². The van der Waals surface area contributed by atoms with Gasteiger partial charge >= 0.3 is 5.97 Å². The molecule has 0 heterocycles. The van der Waals surface area contributed by atoms with Crippen molar-refractivity contribution in [2.45, 2.75) is 24.8 Å². The maximum atomic E-state index is 11.9. The van der Waals surface area contributed by atoms with Crippen LogP contribution in [0.25, 0.3) is 0 Å². The zero-order chi connectivity index (χ0) is 13.3. The third-order valence-electron chi connectivity index (χ3n) is 3.16. The number of nitrogens with two attached hydrogens (primary N) is 1. The van der Waals surface area contributed by atoms with E-state index in [-0.39, 0.29) is 11.5 Å². The Morgan fingerprint density at radius 2 is 2.06 bits per heavy atom. The molecule has 0 aliphatic heterocycles. The molecule has 5 nitrogen and oxygen atoms in total. The molecule has 0 radical (unpaired) electrons. The number of halogens is 1. The van der Waals surface area contributed by atoms with Gasteiger partial charge in [0.05, 0.1) is 16.8 Å². The molecule has 1 aromatic rings. The number of amides is 1. The first-order chi connectivity index (χ1) is 8.42. The molecule has 0 unspecified atom stereocenters. The van der Waals surface area contributed by atoms with Crippen molar-refractivity contribution in [1.82, 2.24) is 0 Å². The Morgan fingerprint density at radius 1 is 1.39 bits per heavy atom. The van der Waals surface area contributed by atoms with Crippen molar-refractivity contribution in [1.29, 1.82) is 0 Å². The summed E-state index contributed by atoms with van der Waals surface area (Å²) < 4.78 is 0.800. The summed E-state index contributed by atoms with van der Waals surface area (Å²) in [5.41, 5.74) is 5.43. The molecular formula is C12H13IN2O3. The van der Waals surface area contributed by atoms with Gasteiger partial charge in [-0.2, -0.15) is 0 Å². The van der Waals surface area contributed by atoms with Crippen molar-refractivity contribution in [3.63, 3.8) is 0 Å². The van der Waals surface area contributed by atoms with Gasteiger partial charge in [0.25, 0.3) is 0 Å². The van der Waals surface area contributed by atoms with Gasteiger partial charge < -0.3 is 16.2 Å². The first kappa shape index (κ1) is 13.3. The maximum absolute atomic E-state index is 11.9. The lowest BCUT2D eigenvalue weighted by Crippen LogP contribution is -2.56. The van der Waals surface area contributed by atoms with Crippen LogP contribution in [0.15, 0.2) is 18.2 Å². The molecule has 18 heavy (non-hydrogen) atoms. The summed E-state index contributed by atoms with van der Waals surface area (Å²) in [7, 11) is 0. The van der Waals surface area contributed by atoms with Gasteiger partial charge in [-0.15, -0.1) is 0 Å². The van der Waals surface area contributed by atoms with Crippen LogP contribution in [0.3, 0.4) is 0 Å². The molecule has 2 rings (SSSR count). The minimum absolute atomic E-state index is 0.0816. The first-order valence-electron chi connectivity index (χ1n) is 5.55. The Morgan fingerprint density at radius 3 is 2.56 bits per heavy atom. The van der Waals surface area contributed by atoms with Crippen molar-refractivity contribution >= 4 is 40.2 Å². The van der Waals surface area contributed by atoms with E-state index in [1.54, 1.807) is 12.1 Å². The summed E-state index contributed by atoms with van der Waals surface area (Å²) in [6, 6.07) is 4.85. The average molecular weight is 360 g/mol. The van der Waals surface area contributed by atoms with E-state index in [1.807, 2.05) is 22.6 Å². The van der Waals surface area contributed by atoms with Gasteiger partial charge in [-0.05, 0) is 60.1 Å². The smallest absolute Gasteiger partial charge is 0.337 e. The van der Waals surface area contributed by atoms with E-state index in [1.165, 1.54) is 6.07 Å². The largest absolute Gasteiger partial charge is 0.478 e. The second-order valence-corrected chi connectivity index (χ2v) is 5.70. The van der Waals surface area contributed by atoms with E-state index < -0.39 is 11.5 Å². The van der Waals surface area contributed by atoms with Crippen LogP contribution in [0, 0.1) is 3.57 Å². The number of carbonyl (C=O) groups is 2. The van der Waals surface area contributed by atoms with Gasteiger partial charge in [0.15, 0.2) is 0 Å². The Kier molecular flexibility index (Phi) is 3.58. The molecule has 1 aromatic carbocycles. The molecule has 0 saturated heterocycles. The maximum Gasteiger partial charge on any atom is 0.337 e. The van der Waals surface area contributed by atoms with Crippen molar-refractivity contribution < 1.29 is 14.7 Å². The van der Waals surface area contributed by atoms with Crippen molar-refractivity contribution in [3.05, 3.63) is 27.3 Å². The number of nitrogens with one attached hydrogen (secondary N) is 1. The second kappa shape index (κ2) is 4.85. The Hall–Kier alpha value is -1.15. The Labute approximate surface area is 118 Å². The highest BCUT2D eigenvalue weighted by Gasteiger charge is 2.40. The van der Waals surface area contributed by atoms with Gasteiger partial charge in [-0.1, -0.05) is 0 Å². The van der Waals surface area contributed by atoms with E-state index >= 15 is 0 Å². The van der Waals surface area contributed by atoms with Crippen molar-refractivity contribution in [2.75, 3.05) is 5.32 Å². The number of carboxylic acids is 1. The Balaban J connectivity index is 2.23. The topological polar surface area (TPSA) is 92.4 Å². The van der Waals surface area contributed by atoms with E-state index in [2.05, 4.69) is 5.32 Å². The highest BCUT2D eigenvalue weighted by atomic mass is 127. The van der Waals surface area contributed by atoms with Crippen LogP contribution in [0.2, 0.25) is 0 Å². The number of carboxylic acid groups (broad SMARTS) is 1. The number of anilines is 1. The number of hydrogen-bond acceptors (Lipinski definition) is 3. The molecule has 1 aliphatic carbocycles. The molecule has 0 aromatic heterocycles. The number of aromatic carboxylic acids is 1. The Bertz CT molecular complexity index is 512. The minimum atomic E-state index is -1.07. The predicted molar refractivity (Wildman–Crippen MR) is 75.5 cm³/mol. The molecule has 0 bridgehead atoms. The summed E-state index contributed by atoms with van der Waals surface area (Å²) in [5, 5.41) is 11.7. The molecule has 96 valence electrons. The molecule has 4 N–H and O–H groups in total. The normalized spacial score (nSPS) is 16.8. The lowest BCUT2D eigenvalue weighted by molar-refractivity contribution is -0.123. The molecule has 1 fully saturated rings. The lowest BCUT2D eigenvalue weighted by atomic mass is 9.77. The summed E-state index contributed by atoms with van der Waals surface area (Å²) in [4.78, 5) is 23.0. The van der Waals surface area contributed by atoms with E-state index in [0.717, 1.165) is 9.99 Å². The molecule has 1 saturated carbocycles. The monoisotopic (exact) mass is 360 g/mol. The summed E-state index contributed by atoms with van der Waals surface area (Å²) >= 11 is 2.02. The summed E-state index contributed by atoms with van der Waals surface area (Å²) in [6.07, 6.45) is 2.22. The van der Waals surface area contributed by atoms with E-state index in [4.69, 9.17) is 10.8 Å². The predicted octanol–water partition coefficient (Wildman–Crippen LogP) is 1.81. The van der Waals surface area contributed by atoms with Crippen LogP contribution in [0.1, 0.15) is 29.6 Å². The van der Waals surface area contributed by atoms with Crippen LogP contribution < -0.4 is 11.1 Å². The first-order valence-corrected chi connectivity index (χ1v) is 6.63. The third kappa shape index (κ3) is 2.49. The van der Waals surface area contributed by atoms with Crippen LogP contribution in [0.5, 0.6) is 0 Å². The third-order valence-corrected chi connectivity index (χ3v) is 3.83. The second-order valence-electron chi connectivity index (χ2n) is 4.46. The quantitative estimate of drug-likeness (QED) is 0.717. The standard InChI is InChI=1S/C12H13IN2O3/c13-7-2-3-9(8(6-7)10(16)17)15-11(18)12(14)4-1-5-12/h2-3,6H,1,4-5,14H2,(H,15,18)(H,16,17). The minimum Gasteiger partial charge on any atom is -0.478 e. The van der Waals surface area contributed by atoms with Crippen LogP contribution in [-0.4, -0.2) is 22.5 Å². The highest BCUT2D eigenvalue weighted by molar-refractivity contribution is 14.1. The van der Waals surface area contributed by atoms with Gasteiger partial charge in [-0.3, -0.25) is 4.79 Å². The molecule has 1 amide bonds. The number of hydrogen-bond donors (Lipinski definition) is 3. The summed E-state index contributed by atoms with van der Waals surface area (Å²) in [6.45, 7) is 0. The fourth-order valence-corrected chi connectivity index (χ4v) is 2.33. The van der Waals surface area contributed by atoms with Gasteiger partial charge in [0.1, 0.15) is 0 Å². The zero-order valence-corrected chi connectivity index (χ0v) is 11.7.